The number of alkyl halides is 3. The van der Waals surface area contributed by atoms with E-state index in [0.29, 0.717) is 59.3 Å². The van der Waals surface area contributed by atoms with Crippen LogP contribution in [-0.4, -0.2) is 60.4 Å². The van der Waals surface area contributed by atoms with Crippen LogP contribution in [0.25, 0.3) is 0 Å². The second-order valence-electron chi connectivity index (χ2n) is 11.0. The van der Waals surface area contributed by atoms with Gasteiger partial charge in [0.25, 0.3) is 5.91 Å². The second-order valence-corrected chi connectivity index (χ2v) is 11.4. The van der Waals surface area contributed by atoms with Crippen molar-refractivity contribution in [2.45, 2.75) is 38.9 Å². The average Bonchev–Trinajstić information content (AvgIpc) is 3.03. The lowest BCUT2D eigenvalue weighted by molar-refractivity contribution is -0.140. The number of benzene rings is 3. The Morgan fingerprint density at radius 1 is 0.956 bits per heavy atom. The second kappa shape index (κ2) is 13.4. The van der Waals surface area contributed by atoms with Gasteiger partial charge in [-0.3, -0.25) is 9.59 Å². The molecule has 0 spiro atoms. The summed E-state index contributed by atoms with van der Waals surface area (Å²) in [5.41, 5.74) is 2.58. The van der Waals surface area contributed by atoms with E-state index in [4.69, 9.17) is 16.3 Å². The molecular weight excluding hydrogens is 607 g/mol. The van der Waals surface area contributed by atoms with Crippen molar-refractivity contribution in [3.8, 4) is 0 Å². The van der Waals surface area contributed by atoms with Crippen LogP contribution in [0.5, 0.6) is 0 Å². The zero-order valence-corrected chi connectivity index (χ0v) is 25.7. The van der Waals surface area contributed by atoms with E-state index < -0.39 is 23.6 Å². The topological polar surface area (TPSA) is 70.2 Å². The van der Waals surface area contributed by atoms with E-state index in [-0.39, 0.29) is 31.4 Å². The molecule has 0 saturated carbocycles. The molecule has 2 aliphatic rings. The number of hydrogen-bond acceptors (Lipinski definition) is 5. The van der Waals surface area contributed by atoms with Gasteiger partial charge in [0.1, 0.15) is 0 Å². The summed E-state index contributed by atoms with van der Waals surface area (Å²) >= 11 is 6.45. The van der Waals surface area contributed by atoms with Gasteiger partial charge in [0.05, 0.1) is 24.3 Å². The quantitative estimate of drug-likeness (QED) is 0.270. The smallest absolute Gasteiger partial charge is 0.416 e. The third kappa shape index (κ3) is 7.01. The van der Waals surface area contributed by atoms with Crippen LogP contribution in [-0.2, 0) is 27.0 Å². The number of ether oxygens (including phenoxy) is 1. The fraction of sp³-hybridized carbons (Fsp3) is 0.324. The number of amides is 2. The Balaban J connectivity index is 1.27. The Hall–Kier alpha value is -4.31. The van der Waals surface area contributed by atoms with Crippen molar-refractivity contribution in [3.05, 3.63) is 111 Å². The first-order chi connectivity index (χ1) is 21.5. The first kappa shape index (κ1) is 32.1. The molecule has 11 heteroatoms. The van der Waals surface area contributed by atoms with E-state index >= 15 is 0 Å². The molecule has 3 aromatic rings. The van der Waals surface area contributed by atoms with E-state index in [0.717, 1.165) is 17.7 Å². The SMILES string of the molecule is CCOC(=O)C1=C(C)N(Cc2ccc(C(=O)N3CCN(c4cccc(C(F)(F)F)c4)CC3)cc2)C(=O)CC1c1ccccc1Cl. The molecule has 3 aromatic carbocycles. The number of carbonyl (C=O) groups is 3. The lowest BCUT2D eigenvalue weighted by atomic mass is 9.83. The Kier molecular flexibility index (Phi) is 9.53. The van der Waals surface area contributed by atoms with Crippen molar-refractivity contribution in [3.63, 3.8) is 0 Å². The summed E-state index contributed by atoms with van der Waals surface area (Å²) in [4.78, 5) is 44.8. The third-order valence-electron chi connectivity index (χ3n) is 8.25. The highest BCUT2D eigenvalue weighted by molar-refractivity contribution is 6.31. The molecule has 1 fully saturated rings. The summed E-state index contributed by atoms with van der Waals surface area (Å²) in [6.07, 6.45) is -4.36. The van der Waals surface area contributed by atoms with Gasteiger partial charge in [0.15, 0.2) is 0 Å². The Morgan fingerprint density at radius 3 is 2.29 bits per heavy atom. The van der Waals surface area contributed by atoms with Crippen molar-refractivity contribution in [1.82, 2.24) is 9.80 Å². The van der Waals surface area contributed by atoms with Gasteiger partial charge in [0.2, 0.25) is 5.91 Å². The van der Waals surface area contributed by atoms with Crippen LogP contribution in [0.4, 0.5) is 18.9 Å². The largest absolute Gasteiger partial charge is 0.463 e. The van der Waals surface area contributed by atoms with Crippen LogP contribution in [0.1, 0.15) is 53.2 Å². The summed E-state index contributed by atoms with van der Waals surface area (Å²) in [7, 11) is 0. The molecule has 7 nitrogen and oxygen atoms in total. The zero-order chi connectivity index (χ0) is 32.3. The molecule has 0 N–H and O–H groups in total. The molecule has 0 radical (unpaired) electrons. The summed E-state index contributed by atoms with van der Waals surface area (Å²) in [6.45, 7) is 5.39. The molecule has 2 heterocycles. The zero-order valence-electron chi connectivity index (χ0n) is 24.9. The Morgan fingerprint density at radius 2 is 1.64 bits per heavy atom. The molecule has 5 rings (SSSR count). The molecule has 1 saturated heterocycles. The molecular formula is C34H33ClF3N3O4. The number of halogens is 4. The van der Waals surface area contributed by atoms with Gasteiger partial charge in [-0.1, -0.05) is 48.0 Å². The average molecular weight is 640 g/mol. The van der Waals surface area contributed by atoms with Crippen molar-refractivity contribution < 1.29 is 32.3 Å². The predicted octanol–water partition coefficient (Wildman–Crippen LogP) is 6.67. The van der Waals surface area contributed by atoms with Crippen LogP contribution < -0.4 is 4.90 Å². The Bertz CT molecular complexity index is 1620. The summed E-state index contributed by atoms with van der Waals surface area (Å²) in [5, 5.41) is 0.468. The molecule has 0 aromatic heterocycles. The van der Waals surface area contributed by atoms with Crippen LogP contribution in [0.15, 0.2) is 84.1 Å². The lowest BCUT2D eigenvalue weighted by Crippen LogP contribution is -2.48. The molecule has 236 valence electrons. The number of allylic oxidation sites excluding steroid dienone is 1. The van der Waals surface area contributed by atoms with Gasteiger partial charge in [-0.2, -0.15) is 13.2 Å². The fourth-order valence-electron chi connectivity index (χ4n) is 5.86. The maximum atomic E-state index is 13.4. The van der Waals surface area contributed by atoms with Crippen molar-refractivity contribution in [2.24, 2.45) is 0 Å². The van der Waals surface area contributed by atoms with Crippen LogP contribution >= 0.6 is 11.6 Å². The number of piperazine rings is 1. The lowest BCUT2D eigenvalue weighted by Gasteiger charge is -2.36. The molecule has 45 heavy (non-hydrogen) atoms. The maximum absolute atomic E-state index is 13.4. The van der Waals surface area contributed by atoms with E-state index in [1.54, 1.807) is 66.1 Å². The number of nitrogens with zero attached hydrogens (tertiary/aromatic N) is 3. The molecule has 1 unspecified atom stereocenters. The Labute approximate surface area is 264 Å². The van der Waals surface area contributed by atoms with Crippen molar-refractivity contribution in [1.29, 1.82) is 0 Å². The number of hydrogen-bond donors (Lipinski definition) is 0. The van der Waals surface area contributed by atoms with Crippen LogP contribution in [0.3, 0.4) is 0 Å². The van der Waals surface area contributed by atoms with Gasteiger partial charge in [-0.05, 0) is 61.4 Å². The fourth-order valence-corrected chi connectivity index (χ4v) is 6.13. The predicted molar refractivity (Wildman–Crippen MR) is 165 cm³/mol. The molecule has 0 bridgehead atoms. The summed E-state index contributed by atoms with van der Waals surface area (Å²) in [5.74, 6) is -1.37. The van der Waals surface area contributed by atoms with E-state index in [2.05, 4.69) is 0 Å². The molecule has 2 amide bonds. The van der Waals surface area contributed by atoms with Crippen LogP contribution in [0, 0.1) is 0 Å². The monoisotopic (exact) mass is 639 g/mol. The van der Waals surface area contributed by atoms with Gasteiger partial charge in [-0.15, -0.1) is 0 Å². The van der Waals surface area contributed by atoms with Gasteiger partial charge >= 0.3 is 12.1 Å². The maximum Gasteiger partial charge on any atom is 0.416 e. The summed E-state index contributed by atoms with van der Waals surface area (Å²) in [6, 6.07) is 19.3. The number of esters is 1. The number of anilines is 1. The summed E-state index contributed by atoms with van der Waals surface area (Å²) < 4.78 is 44.8. The van der Waals surface area contributed by atoms with E-state index in [1.165, 1.54) is 6.07 Å². The standard InChI is InChI=1S/C34H33ClF3N3O4/c1-3-45-33(44)31-22(2)41(30(42)20-28(31)27-9-4-5-10-29(27)35)21-23-11-13-24(14-12-23)32(43)40-17-15-39(16-18-40)26-8-6-7-25(19-26)34(36,37)38/h4-14,19,28H,3,15-18,20-21H2,1-2H3. The molecule has 0 aliphatic carbocycles. The van der Waals surface area contributed by atoms with Gasteiger partial charge in [-0.25, -0.2) is 4.79 Å². The minimum Gasteiger partial charge on any atom is -0.463 e. The van der Waals surface area contributed by atoms with E-state index in [1.807, 2.05) is 17.0 Å². The van der Waals surface area contributed by atoms with Gasteiger partial charge < -0.3 is 19.4 Å². The first-order valence-corrected chi connectivity index (χ1v) is 15.1. The minimum absolute atomic E-state index is 0.0538. The highest BCUT2D eigenvalue weighted by Gasteiger charge is 2.38. The third-order valence-corrected chi connectivity index (χ3v) is 8.59. The molecule has 2 aliphatic heterocycles. The van der Waals surface area contributed by atoms with E-state index in [9.17, 15) is 27.6 Å². The van der Waals surface area contributed by atoms with Crippen molar-refractivity contribution >= 4 is 35.1 Å². The molecule has 1 atom stereocenters. The normalized spacial score (nSPS) is 17.5. The number of rotatable bonds is 7. The first-order valence-electron chi connectivity index (χ1n) is 14.7. The van der Waals surface area contributed by atoms with Gasteiger partial charge in [0, 0.05) is 60.5 Å². The highest BCUT2D eigenvalue weighted by Crippen LogP contribution is 2.40. The highest BCUT2D eigenvalue weighted by atomic mass is 35.5. The number of carbonyl (C=O) groups excluding carboxylic acids is 3. The minimum atomic E-state index is -4.42. The van der Waals surface area contributed by atoms with Crippen molar-refractivity contribution in [2.75, 3.05) is 37.7 Å². The van der Waals surface area contributed by atoms with Crippen LogP contribution in [0.2, 0.25) is 5.02 Å².